The molecule has 1 aliphatic rings. The number of carbonyl (C=O) groups is 1. The van der Waals surface area contributed by atoms with E-state index >= 15 is 0 Å². The van der Waals surface area contributed by atoms with Gasteiger partial charge in [-0.25, -0.2) is 9.98 Å². The Balaban J connectivity index is 2.47. The number of hydrogen-bond donors (Lipinski definition) is 3. The van der Waals surface area contributed by atoms with Crippen LogP contribution in [0.4, 0.5) is 11.5 Å². The Bertz CT molecular complexity index is 785. The fourth-order valence-corrected chi connectivity index (χ4v) is 3.06. The van der Waals surface area contributed by atoms with Gasteiger partial charge in [-0.1, -0.05) is 0 Å². The van der Waals surface area contributed by atoms with Crippen LogP contribution in [0.5, 0.6) is 0 Å². The molecule has 0 unspecified atom stereocenters. The number of nitrogens with two attached hydrogens (primary N) is 1. The molecule has 0 atom stereocenters. The van der Waals surface area contributed by atoms with Gasteiger partial charge < -0.3 is 5.73 Å². The molecule has 4 N–H and O–H groups in total. The summed E-state index contributed by atoms with van der Waals surface area (Å²) < 4.78 is 0. The molecule has 0 fully saturated rings. The molecule has 19 heavy (non-hydrogen) atoms. The summed E-state index contributed by atoms with van der Waals surface area (Å²) in [5, 5.41) is 9.81. The van der Waals surface area contributed by atoms with E-state index in [1.807, 2.05) is 6.07 Å². The van der Waals surface area contributed by atoms with E-state index in [1.165, 1.54) is 17.7 Å². The zero-order chi connectivity index (χ0) is 13.6. The molecule has 2 aromatic heterocycles. The molecule has 0 aromatic carbocycles. The minimum absolute atomic E-state index is 0.173. The van der Waals surface area contributed by atoms with Gasteiger partial charge in [0.05, 0.1) is 11.3 Å². The Hall–Kier alpha value is -2.66. The van der Waals surface area contributed by atoms with Crippen LogP contribution in [0, 0.1) is 18.3 Å². The average Bonchev–Trinajstić information content (AvgIpc) is 2.64. The van der Waals surface area contributed by atoms with Crippen LogP contribution in [0.2, 0.25) is 0 Å². The number of fused-ring (bicyclic) bond motifs is 3. The minimum Gasteiger partial charge on any atom is -0.383 e. The smallest absolute Gasteiger partial charge is 0.282 e. The Morgan fingerprint density at radius 2 is 2.32 bits per heavy atom. The summed E-state index contributed by atoms with van der Waals surface area (Å²) in [6.45, 7) is 1.78. The molecule has 94 valence electrons. The molecule has 0 bridgehead atoms. The van der Waals surface area contributed by atoms with Gasteiger partial charge >= 0.3 is 0 Å². The number of rotatable bonds is 0. The number of nitriles is 1. The molecule has 0 saturated carbocycles. The van der Waals surface area contributed by atoms with Crippen molar-refractivity contribution in [1.82, 2.24) is 15.8 Å². The van der Waals surface area contributed by atoms with Gasteiger partial charge in [-0.2, -0.15) is 5.26 Å². The number of thiophene rings is 1. The van der Waals surface area contributed by atoms with Gasteiger partial charge in [0.1, 0.15) is 27.9 Å². The molecule has 7 nitrogen and oxygen atoms in total. The number of nitrogens with zero attached hydrogens (tertiary/aromatic N) is 3. The number of carbonyl (C=O) groups excluding carboxylic acids is 1. The van der Waals surface area contributed by atoms with Crippen molar-refractivity contribution in [3.05, 3.63) is 16.0 Å². The van der Waals surface area contributed by atoms with Crippen LogP contribution in [-0.2, 0) is 0 Å². The van der Waals surface area contributed by atoms with Crippen LogP contribution in [-0.4, -0.2) is 17.2 Å². The molecule has 2 aromatic rings. The number of anilines is 1. The maximum atomic E-state index is 11.9. The Labute approximate surface area is 111 Å². The molecule has 1 amide bonds. The lowest BCUT2D eigenvalue weighted by atomic mass is 10.1. The number of pyridine rings is 1. The molecular formula is C11H8N6OS. The Kier molecular flexibility index (Phi) is 2.36. The first-order valence-corrected chi connectivity index (χ1v) is 6.16. The van der Waals surface area contributed by atoms with E-state index in [2.05, 4.69) is 20.8 Å². The van der Waals surface area contributed by atoms with Crippen LogP contribution in [0.25, 0.3) is 10.2 Å². The summed E-state index contributed by atoms with van der Waals surface area (Å²) >= 11 is 1.20. The van der Waals surface area contributed by atoms with Gasteiger partial charge in [-0.05, 0) is 12.5 Å². The van der Waals surface area contributed by atoms with Crippen molar-refractivity contribution in [2.45, 2.75) is 6.92 Å². The van der Waals surface area contributed by atoms with Gasteiger partial charge in [-0.3, -0.25) is 15.6 Å². The Morgan fingerprint density at radius 1 is 1.53 bits per heavy atom. The van der Waals surface area contributed by atoms with Crippen molar-refractivity contribution in [1.29, 1.82) is 5.26 Å². The third-order valence-electron chi connectivity index (χ3n) is 2.85. The highest BCUT2D eigenvalue weighted by atomic mass is 32.1. The SMILES string of the molecule is Cc1c(C#N)c(N)nc2sc3c(c12)N=CNNC3=O. The summed E-state index contributed by atoms with van der Waals surface area (Å²) in [6.07, 6.45) is 1.39. The summed E-state index contributed by atoms with van der Waals surface area (Å²) in [5.41, 5.74) is 12.3. The summed E-state index contributed by atoms with van der Waals surface area (Å²) in [7, 11) is 0. The number of amides is 1. The van der Waals surface area contributed by atoms with Crippen LogP contribution in [0.1, 0.15) is 20.8 Å². The number of aryl methyl sites for hydroxylation is 1. The first kappa shape index (κ1) is 11.4. The fourth-order valence-electron chi connectivity index (χ4n) is 1.98. The largest absolute Gasteiger partial charge is 0.383 e. The molecule has 1 aliphatic heterocycles. The van der Waals surface area contributed by atoms with Gasteiger partial charge in [0.25, 0.3) is 5.91 Å². The molecule has 0 spiro atoms. The second-order valence-corrected chi connectivity index (χ2v) is 4.92. The highest BCUT2D eigenvalue weighted by Gasteiger charge is 2.23. The lowest BCUT2D eigenvalue weighted by molar-refractivity contribution is 0.0950. The van der Waals surface area contributed by atoms with E-state index in [-0.39, 0.29) is 11.7 Å². The monoisotopic (exact) mass is 272 g/mol. The van der Waals surface area contributed by atoms with E-state index in [1.54, 1.807) is 6.92 Å². The third-order valence-corrected chi connectivity index (χ3v) is 3.93. The highest BCUT2D eigenvalue weighted by molar-refractivity contribution is 7.21. The average molecular weight is 272 g/mol. The number of aromatic nitrogens is 1. The van der Waals surface area contributed by atoms with Crippen LogP contribution < -0.4 is 16.6 Å². The first-order chi connectivity index (χ1) is 9.13. The van der Waals surface area contributed by atoms with E-state index in [9.17, 15) is 4.79 Å². The summed E-state index contributed by atoms with van der Waals surface area (Å²) in [4.78, 5) is 21.3. The number of hydrazine groups is 1. The van der Waals surface area contributed by atoms with Gasteiger partial charge in [0.2, 0.25) is 0 Å². The zero-order valence-electron chi connectivity index (χ0n) is 9.81. The van der Waals surface area contributed by atoms with Crippen LogP contribution in [0.15, 0.2) is 4.99 Å². The normalized spacial score (nSPS) is 13.4. The number of aliphatic imine (C=N–C) groups is 1. The molecule has 0 saturated heterocycles. The van der Waals surface area contributed by atoms with E-state index < -0.39 is 0 Å². The maximum absolute atomic E-state index is 11.9. The van der Waals surface area contributed by atoms with E-state index in [4.69, 9.17) is 11.0 Å². The van der Waals surface area contributed by atoms with E-state index in [0.29, 0.717) is 31.9 Å². The van der Waals surface area contributed by atoms with Crippen molar-refractivity contribution < 1.29 is 4.79 Å². The minimum atomic E-state index is -0.285. The van der Waals surface area contributed by atoms with Crippen molar-refractivity contribution in [2.24, 2.45) is 4.99 Å². The van der Waals surface area contributed by atoms with Crippen molar-refractivity contribution in [3.8, 4) is 6.07 Å². The van der Waals surface area contributed by atoms with Gasteiger partial charge in [-0.15, -0.1) is 11.3 Å². The predicted octanol–water partition coefficient (Wildman–Crippen LogP) is 0.966. The quantitative estimate of drug-likeness (QED) is 0.660. The Morgan fingerprint density at radius 3 is 3.05 bits per heavy atom. The molecule has 8 heteroatoms. The highest BCUT2D eigenvalue weighted by Crippen LogP contribution is 2.40. The predicted molar refractivity (Wildman–Crippen MR) is 72.2 cm³/mol. The lowest BCUT2D eigenvalue weighted by Gasteiger charge is -2.03. The molecule has 0 radical (unpaired) electrons. The van der Waals surface area contributed by atoms with Crippen molar-refractivity contribution in [3.63, 3.8) is 0 Å². The maximum Gasteiger partial charge on any atom is 0.282 e. The fraction of sp³-hybridized carbons (Fsp3) is 0.0909. The molecule has 3 heterocycles. The summed E-state index contributed by atoms with van der Waals surface area (Å²) in [5.74, 6) is -0.113. The second kappa shape index (κ2) is 3.93. The van der Waals surface area contributed by atoms with Crippen molar-refractivity contribution in [2.75, 3.05) is 5.73 Å². The van der Waals surface area contributed by atoms with Gasteiger partial charge in [0, 0.05) is 5.39 Å². The number of nitrogen functional groups attached to an aromatic ring is 1. The topological polar surface area (TPSA) is 116 Å². The van der Waals surface area contributed by atoms with Crippen molar-refractivity contribution >= 4 is 45.3 Å². The lowest BCUT2D eigenvalue weighted by Crippen LogP contribution is -2.34. The second-order valence-electron chi connectivity index (χ2n) is 3.93. The number of nitrogens with one attached hydrogen (secondary N) is 2. The zero-order valence-corrected chi connectivity index (χ0v) is 10.6. The standard InChI is InChI=1S/C11H8N6OS/c1-4-5(2-12)9(13)16-11-6(4)7-8(19-11)10(18)17-15-3-14-7/h3H,1H3,(H2,13,16)(H,14,15)(H,17,18). The van der Waals surface area contributed by atoms with Crippen LogP contribution >= 0.6 is 11.3 Å². The molecular weight excluding hydrogens is 264 g/mol. The van der Waals surface area contributed by atoms with Crippen LogP contribution in [0.3, 0.4) is 0 Å². The van der Waals surface area contributed by atoms with Gasteiger partial charge in [0.15, 0.2) is 0 Å². The number of hydrogen-bond acceptors (Lipinski definition) is 7. The summed E-state index contributed by atoms with van der Waals surface area (Å²) in [6, 6.07) is 2.03. The van der Waals surface area contributed by atoms with E-state index in [0.717, 1.165) is 0 Å². The molecule has 0 aliphatic carbocycles. The first-order valence-electron chi connectivity index (χ1n) is 5.34. The third kappa shape index (κ3) is 1.52. The molecule has 3 rings (SSSR count).